The molecular formula is C14H20N2O. The highest BCUT2D eigenvalue weighted by molar-refractivity contribution is 5.85. The van der Waals surface area contributed by atoms with Crippen LogP contribution < -0.4 is 5.73 Å². The van der Waals surface area contributed by atoms with Crippen molar-refractivity contribution in [3.63, 3.8) is 0 Å². The van der Waals surface area contributed by atoms with Gasteiger partial charge in [-0.1, -0.05) is 30.3 Å². The Morgan fingerprint density at radius 1 is 1.35 bits per heavy atom. The van der Waals surface area contributed by atoms with Gasteiger partial charge in [0.1, 0.15) is 0 Å². The quantitative estimate of drug-likeness (QED) is 0.847. The van der Waals surface area contributed by atoms with Crippen molar-refractivity contribution >= 4 is 5.91 Å². The van der Waals surface area contributed by atoms with Crippen molar-refractivity contribution in [2.24, 2.45) is 11.1 Å². The number of carbonyl (C=O) groups excluding carboxylic acids is 1. The molecule has 92 valence electrons. The lowest BCUT2D eigenvalue weighted by molar-refractivity contribution is -0.136. The molecule has 3 heteroatoms. The molecule has 0 aromatic heterocycles. The van der Waals surface area contributed by atoms with E-state index in [4.69, 9.17) is 5.73 Å². The molecule has 0 radical (unpaired) electrons. The van der Waals surface area contributed by atoms with Gasteiger partial charge >= 0.3 is 0 Å². The van der Waals surface area contributed by atoms with Crippen LogP contribution in [-0.4, -0.2) is 23.4 Å². The fourth-order valence-corrected chi connectivity index (χ4v) is 2.30. The average Bonchev–Trinajstić information content (AvgIpc) is 2.53. The summed E-state index contributed by atoms with van der Waals surface area (Å²) < 4.78 is 0. The van der Waals surface area contributed by atoms with E-state index in [1.54, 1.807) is 0 Å². The predicted molar refractivity (Wildman–Crippen MR) is 68.3 cm³/mol. The third-order valence-corrected chi connectivity index (χ3v) is 3.88. The number of hydrogen-bond acceptors (Lipinski definition) is 2. The number of benzene rings is 1. The van der Waals surface area contributed by atoms with Gasteiger partial charge in [-0.3, -0.25) is 4.79 Å². The Morgan fingerprint density at radius 2 is 1.94 bits per heavy atom. The molecule has 0 bridgehead atoms. The van der Waals surface area contributed by atoms with Gasteiger partial charge in [-0.2, -0.15) is 0 Å². The van der Waals surface area contributed by atoms with Crippen molar-refractivity contribution in [1.29, 1.82) is 0 Å². The molecule has 1 aliphatic rings. The molecule has 0 aliphatic carbocycles. The molecule has 1 heterocycles. The first kappa shape index (κ1) is 12.1. The van der Waals surface area contributed by atoms with E-state index in [9.17, 15) is 4.79 Å². The van der Waals surface area contributed by atoms with Crippen LogP contribution in [0.4, 0.5) is 0 Å². The van der Waals surface area contributed by atoms with Crippen molar-refractivity contribution in [2.45, 2.75) is 32.9 Å². The zero-order valence-electron chi connectivity index (χ0n) is 10.7. The van der Waals surface area contributed by atoms with E-state index in [0.717, 1.165) is 5.56 Å². The minimum atomic E-state index is -0.441. The molecule has 3 nitrogen and oxygen atoms in total. The Kier molecular flexibility index (Phi) is 2.96. The summed E-state index contributed by atoms with van der Waals surface area (Å²) in [7, 11) is 0. The van der Waals surface area contributed by atoms with Crippen LogP contribution in [0, 0.1) is 5.41 Å². The Balaban J connectivity index is 2.23. The highest BCUT2D eigenvalue weighted by Gasteiger charge is 2.46. The first-order valence-corrected chi connectivity index (χ1v) is 6.06. The smallest absolute Gasteiger partial charge is 0.230 e. The van der Waals surface area contributed by atoms with Crippen LogP contribution in [0.3, 0.4) is 0 Å². The van der Waals surface area contributed by atoms with Gasteiger partial charge in [-0.15, -0.1) is 0 Å². The van der Waals surface area contributed by atoms with Gasteiger partial charge in [0.15, 0.2) is 0 Å². The summed E-state index contributed by atoms with van der Waals surface area (Å²) >= 11 is 0. The summed E-state index contributed by atoms with van der Waals surface area (Å²) in [4.78, 5) is 14.2. The minimum Gasteiger partial charge on any atom is -0.334 e. The number of likely N-dealkylation sites (tertiary alicyclic amines) is 1. The minimum absolute atomic E-state index is 0.0823. The Hall–Kier alpha value is -1.35. The molecule has 0 spiro atoms. The van der Waals surface area contributed by atoms with Gasteiger partial charge in [0.2, 0.25) is 5.91 Å². The van der Waals surface area contributed by atoms with Crippen LogP contribution in [0.15, 0.2) is 30.3 Å². The Labute approximate surface area is 103 Å². The van der Waals surface area contributed by atoms with Gasteiger partial charge in [0.05, 0.1) is 11.5 Å². The second kappa shape index (κ2) is 4.15. The third kappa shape index (κ3) is 1.95. The molecule has 2 atom stereocenters. The maximum Gasteiger partial charge on any atom is 0.230 e. The van der Waals surface area contributed by atoms with Crippen LogP contribution >= 0.6 is 0 Å². The van der Waals surface area contributed by atoms with Crippen molar-refractivity contribution in [3.05, 3.63) is 35.9 Å². The lowest BCUT2D eigenvalue weighted by Crippen LogP contribution is -2.37. The highest BCUT2D eigenvalue weighted by atomic mass is 16.2. The molecule has 0 saturated carbocycles. The summed E-state index contributed by atoms with van der Waals surface area (Å²) in [5.74, 6) is 0.154. The second-order valence-electron chi connectivity index (χ2n) is 5.37. The third-order valence-electron chi connectivity index (χ3n) is 3.88. The van der Waals surface area contributed by atoms with E-state index >= 15 is 0 Å². The number of nitrogens with two attached hydrogens (primary N) is 1. The fraction of sp³-hybridized carbons (Fsp3) is 0.500. The van der Waals surface area contributed by atoms with E-state index in [0.29, 0.717) is 6.54 Å². The molecule has 1 aromatic carbocycles. The first-order chi connectivity index (χ1) is 7.94. The van der Waals surface area contributed by atoms with Gasteiger partial charge in [-0.25, -0.2) is 0 Å². The number of amides is 1. The molecule has 1 unspecified atom stereocenters. The molecule has 1 aliphatic heterocycles. The second-order valence-corrected chi connectivity index (χ2v) is 5.37. The summed E-state index contributed by atoms with van der Waals surface area (Å²) in [6.07, 6.45) is 0. The Morgan fingerprint density at radius 3 is 2.41 bits per heavy atom. The largest absolute Gasteiger partial charge is 0.334 e. The molecule has 1 amide bonds. The van der Waals surface area contributed by atoms with Crippen LogP contribution in [-0.2, 0) is 4.79 Å². The van der Waals surface area contributed by atoms with E-state index in [1.807, 2.05) is 36.9 Å². The van der Waals surface area contributed by atoms with E-state index in [-0.39, 0.29) is 18.0 Å². The summed E-state index contributed by atoms with van der Waals surface area (Å²) in [6.45, 7) is 6.55. The maximum atomic E-state index is 12.3. The van der Waals surface area contributed by atoms with Gasteiger partial charge in [0.25, 0.3) is 0 Å². The lowest BCUT2D eigenvalue weighted by atomic mass is 9.88. The van der Waals surface area contributed by atoms with Crippen LogP contribution in [0.2, 0.25) is 0 Å². The van der Waals surface area contributed by atoms with Crippen molar-refractivity contribution in [1.82, 2.24) is 4.90 Å². The summed E-state index contributed by atoms with van der Waals surface area (Å²) in [5, 5.41) is 0. The summed E-state index contributed by atoms with van der Waals surface area (Å²) in [6, 6.07) is 10.1. The number of nitrogens with zero attached hydrogens (tertiary/aromatic N) is 1. The molecule has 1 fully saturated rings. The number of carbonyl (C=O) groups is 1. The number of hydrogen-bond donors (Lipinski definition) is 1. The lowest BCUT2D eigenvalue weighted by Gasteiger charge is -2.26. The van der Waals surface area contributed by atoms with Crippen LogP contribution in [0.1, 0.15) is 32.4 Å². The standard InChI is InChI=1S/C14H20N2O/c1-10(11-7-5-4-6-8-11)16-9-12(15)14(2,3)13(16)17/h4-8,10,12H,9,15H2,1-3H3/t10-,12?/m1/s1. The average molecular weight is 232 g/mol. The summed E-state index contributed by atoms with van der Waals surface area (Å²) in [5.41, 5.74) is 6.76. The SMILES string of the molecule is C[C@H](c1ccccc1)N1CC(N)C(C)(C)C1=O. The van der Waals surface area contributed by atoms with Crippen LogP contribution in [0.25, 0.3) is 0 Å². The molecule has 2 rings (SSSR count). The van der Waals surface area contributed by atoms with Gasteiger partial charge in [0, 0.05) is 12.6 Å². The highest BCUT2D eigenvalue weighted by Crippen LogP contribution is 2.35. The zero-order chi connectivity index (χ0) is 12.6. The predicted octanol–water partition coefficient (Wildman–Crippen LogP) is 1.94. The van der Waals surface area contributed by atoms with Crippen molar-refractivity contribution in [3.8, 4) is 0 Å². The Bertz CT molecular complexity index is 413. The van der Waals surface area contributed by atoms with Crippen LogP contribution in [0.5, 0.6) is 0 Å². The molecule has 1 aromatic rings. The van der Waals surface area contributed by atoms with Crippen molar-refractivity contribution < 1.29 is 4.79 Å². The van der Waals surface area contributed by atoms with E-state index < -0.39 is 5.41 Å². The topological polar surface area (TPSA) is 46.3 Å². The molecule has 1 saturated heterocycles. The fourth-order valence-electron chi connectivity index (χ4n) is 2.30. The van der Waals surface area contributed by atoms with Gasteiger partial charge < -0.3 is 10.6 Å². The van der Waals surface area contributed by atoms with Gasteiger partial charge in [-0.05, 0) is 26.3 Å². The monoisotopic (exact) mass is 232 g/mol. The number of rotatable bonds is 2. The maximum absolute atomic E-state index is 12.3. The first-order valence-electron chi connectivity index (χ1n) is 6.06. The van der Waals surface area contributed by atoms with E-state index in [2.05, 4.69) is 19.1 Å². The molecule has 17 heavy (non-hydrogen) atoms. The van der Waals surface area contributed by atoms with E-state index in [1.165, 1.54) is 0 Å². The normalized spacial score (nSPS) is 25.1. The molecular weight excluding hydrogens is 212 g/mol. The zero-order valence-corrected chi connectivity index (χ0v) is 10.7. The van der Waals surface area contributed by atoms with Crippen molar-refractivity contribution in [2.75, 3.05) is 6.54 Å². The molecule has 2 N–H and O–H groups in total.